The fourth-order valence-corrected chi connectivity index (χ4v) is 4.49. The van der Waals surface area contributed by atoms with Crippen molar-refractivity contribution >= 4 is 33.4 Å². The van der Waals surface area contributed by atoms with Crippen molar-refractivity contribution in [2.75, 3.05) is 25.5 Å². The van der Waals surface area contributed by atoms with Gasteiger partial charge in [-0.25, -0.2) is 8.42 Å². The summed E-state index contributed by atoms with van der Waals surface area (Å²) in [5, 5.41) is 0. The molecule has 1 aromatic carbocycles. The normalized spacial score (nSPS) is 12.2. The molecule has 0 saturated carbocycles. The maximum Gasteiger partial charge on any atom is 0.406 e. The number of benzene rings is 1. The fraction of sp³-hybridized carbons (Fsp3) is 0.579. The van der Waals surface area contributed by atoms with E-state index in [0.29, 0.717) is 25.9 Å². The number of amides is 2. The zero-order valence-electron chi connectivity index (χ0n) is 16.9. The maximum absolute atomic E-state index is 12.9. The highest BCUT2D eigenvalue weighted by molar-refractivity contribution is 7.89. The van der Waals surface area contributed by atoms with Crippen LogP contribution < -0.4 is 0 Å². The van der Waals surface area contributed by atoms with E-state index in [1.807, 2.05) is 13.8 Å². The molecule has 0 aromatic heterocycles. The molecular formula is C19H26ClF3N2O4S. The molecule has 6 nitrogen and oxygen atoms in total. The average Bonchev–Trinajstić information content (AvgIpc) is 2.69. The van der Waals surface area contributed by atoms with Crippen LogP contribution in [-0.4, -0.2) is 61.1 Å². The van der Waals surface area contributed by atoms with Crippen LogP contribution in [0.2, 0.25) is 0 Å². The van der Waals surface area contributed by atoms with Crippen LogP contribution in [0.15, 0.2) is 29.2 Å². The Hall–Kier alpha value is -1.65. The standard InChI is InChI=1S/C19H26ClF3N2O4S/c1-3-12-24(13-4-2)30(28,29)16-9-7-15(8-10-16)18(27)25(14-19(21,22)23)17(26)6-5-11-20/h7-10H,3-6,11-14H2,1-2H3. The van der Waals surface area contributed by atoms with Gasteiger partial charge >= 0.3 is 6.18 Å². The van der Waals surface area contributed by atoms with Gasteiger partial charge in [-0.1, -0.05) is 13.8 Å². The van der Waals surface area contributed by atoms with Gasteiger partial charge in [0.05, 0.1) is 4.90 Å². The zero-order valence-corrected chi connectivity index (χ0v) is 18.5. The maximum atomic E-state index is 12.9. The Bertz CT molecular complexity index is 808. The number of imide groups is 1. The SMILES string of the molecule is CCCN(CCC)S(=O)(=O)c1ccc(C(=O)N(CC(F)(F)F)C(=O)CCCCl)cc1. The summed E-state index contributed by atoms with van der Waals surface area (Å²) in [4.78, 5) is 24.7. The summed E-state index contributed by atoms with van der Waals surface area (Å²) < 4.78 is 65.4. The summed E-state index contributed by atoms with van der Waals surface area (Å²) in [5.41, 5.74) is -0.213. The third-order valence-corrected chi connectivity index (χ3v) is 6.27. The van der Waals surface area contributed by atoms with E-state index in [1.54, 1.807) is 0 Å². The van der Waals surface area contributed by atoms with E-state index < -0.39 is 34.6 Å². The number of carbonyl (C=O) groups excluding carboxylic acids is 2. The minimum absolute atomic E-state index is 0.0678. The van der Waals surface area contributed by atoms with Gasteiger partial charge in [0.25, 0.3) is 5.91 Å². The first kappa shape index (κ1) is 26.4. The molecule has 0 heterocycles. The van der Waals surface area contributed by atoms with Gasteiger partial charge in [-0.3, -0.25) is 14.5 Å². The molecule has 2 amide bonds. The second-order valence-electron chi connectivity index (χ2n) is 6.62. The third-order valence-electron chi connectivity index (χ3n) is 4.09. The van der Waals surface area contributed by atoms with Crippen LogP contribution in [-0.2, 0) is 14.8 Å². The number of rotatable bonds is 11. The van der Waals surface area contributed by atoms with Crippen molar-refractivity contribution in [3.63, 3.8) is 0 Å². The number of hydrogen-bond donors (Lipinski definition) is 0. The lowest BCUT2D eigenvalue weighted by Crippen LogP contribution is -2.43. The molecule has 30 heavy (non-hydrogen) atoms. The molecule has 0 atom stereocenters. The molecule has 0 N–H and O–H groups in total. The van der Waals surface area contributed by atoms with Crippen molar-refractivity contribution in [2.24, 2.45) is 0 Å². The smallest absolute Gasteiger partial charge is 0.274 e. The van der Waals surface area contributed by atoms with Gasteiger partial charge in [0.15, 0.2) is 0 Å². The quantitative estimate of drug-likeness (QED) is 0.457. The lowest BCUT2D eigenvalue weighted by Gasteiger charge is -2.23. The van der Waals surface area contributed by atoms with Crippen molar-refractivity contribution in [2.45, 2.75) is 50.6 Å². The van der Waals surface area contributed by atoms with Crippen molar-refractivity contribution in [3.8, 4) is 0 Å². The largest absolute Gasteiger partial charge is 0.406 e. The Kier molecular flexibility index (Phi) is 10.3. The summed E-state index contributed by atoms with van der Waals surface area (Å²) in [5.74, 6) is -2.07. The van der Waals surface area contributed by atoms with E-state index >= 15 is 0 Å². The number of sulfonamides is 1. The van der Waals surface area contributed by atoms with Crippen LogP contribution in [0.5, 0.6) is 0 Å². The van der Waals surface area contributed by atoms with E-state index in [1.165, 1.54) is 4.31 Å². The van der Waals surface area contributed by atoms with Crippen LogP contribution >= 0.6 is 11.6 Å². The van der Waals surface area contributed by atoms with Crippen LogP contribution in [0.1, 0.15) is 49.9 Å². The highest BCUT2D eigenvalue weighted by Gasteiger charge is 2.36. The Balaban J connectivity index is 3.15. The fourth-order valence-electron chi connectivity index (χ4n) is 2.73. The monoisotopic (exact) mass is 470 g/mol. The Morgan fingerprint density at radius 1 is 1.03 bits per heavy atom. The van der Waals surface area contributed by atoms with Gasteiger partial charge in [0, 0.05) is 31.0 Å². The van der Waals surface area contributed by atoms with Crippen molar-refractivity contribution < 1.29 is 31.2 Å². The molecular weight excluding hydrogens is 445 g/mol. The number of nitrogens with zero attached hydrogens (tertiary/aromatic N) is 2. The molecule has 0 aliphatic rings. The molecule has 1 aromatic rings. The first-order valence-corrected chi connectivity index (χ1v) is 11.5. The highest BCUT2D eigenvalue weighted by Crippen LogP contribution is 2.21. The molecule has 0 aliphatic heterocycles. The minimum Gasteiger partial charge on any atom is -0.274 e. The second kappa shape index (κ2) is 11.7. The van der Waals surface area contributed by atoms with E-state index in [4.69, 9.17) is 11.6 Å². The number of carbonyl (C=O) groups is 2. The van der Waals surface area contributed by atoms with Gasteiger partial charge in [-0.2, -0.15) is 17.5 Å². The topological polar surface area (TPSA) is 74.8 Å². The average molecular weight is 471 g/mol. The molecule has 1 rings (SSSR count). The number of halogens is 4. The van der Waals surface area contributed by atoms with Crippen LogP contribution in [0, 0.1) is 0 Å². The minimum atomic E-state index is -4.77. The molecule has 0 fully saturated rings. The lowest BCUT2D eigenvalue weighted by molar-refractivity contribution is -0.155. The predicted molar refractivity (Wildman–Crippen MR) is 108 cm³/mol. The molecule has 11 heteroatoms. The van der Waals surface area contributed by atoms with E-state index in [0.717, 1.165) is 24.3 Å². The van der Waals surface area contributed by atoms with E-state index in [-0.39, 0.29) is 34.1 Å². The molecule has 0 aliphatic carbocycles. The molecule has 170 valence electrons. The zero-order chi connectivity index (χ0) is 22.9. The van der Waals surface area contributed by atoms with Crippen LogP contribution in [0.25, 0.3) is 0 Å². The Labute approximate surface area is 180 Å². The predicted octanol–water partition coefficient (Wildman–Crippen LogP) is 4.05. The van der Waals surface area contributed by atoms with Gasteiger partial charge in [-0.05, 0) is 43.5 Å². The highest BCUT2D eigenvalue weighted by atomic mass is 35.5. The Morgan fingerprint density at radius 3 is 2.00 bits per heavy atom. The van der Waals surface area contributed by atoms with Crippen LogP contribution in [0.4, 0.5) is 13.2 Å². The van der Waals surface area contributed by atoms with E-state index in [2.05, 4.69) is 0 Å². The van der Waals surface area contributed by atoms with Crippen molar-refractivity contribution in [1.82, 2.24) is 9.21 Å². The van der Waals surface area contributed by atoms with Crippen molar-refractivity contribution in [3.05, 3.63) is 29.8 Å². The van der Waals surface area contributed by atoms with Gasteiger partial charge in [0.1, 0.15) is 6.54 Å². The summed E-state index contributed by atoms with van der Waals surface area (Å²) in [6.07, 6.45) is -3.71. The summed E-state index contributed by atoms with van der Waals surface area (Å²) in [6, 6.07) is 4.55. The summed E-state index contributed by atoms with van der Waals surface area (Å²) >= 11 is 5.47. The van der Waals surface area contributed by atoms with E-state index in [9.17, 15) is 31.2 Å². The Morgan fingerprint density at radius 2 is 1.57 bits per heavy atom. The molecule has 0 saturated heterocycles. The lowest BCUT2D eigenvalue weighted by atomic mass is 10.2. The first-order valence-electron chi connectivity index (χ1n) is 9.55. The number of hydrogen-bond acceptors (Lipinski definition) is 4. The van der Waals surface area contributed by atoms with Gasteiger partial charge in [0.2, 0.25) is 15.9 Å². The third kappa shape index (κ3) is 7.55. The van der Waals surface area contributed by atoms with Crippen LogP contribution in [0.3, 0.4) is 0 Å². The summed E-state index contributed by atoms with van der Waals surface area (Å²) in [7, 11) is -3.80. The molecule has 0 spiro atoms. The summed E-state index contributed by atoms with van der Waals surface area (Å²) in [6.45, 7) is 2.61. The molecule has 0 bridgehead atoms. The van der Waals surface area contributed by atoms with Gasteiger partial charge < -0.3 is 0 Å². The first-order chi connectivity index (χ1) is 14.0. The number of alkyl halides is 4. The molecule has 0 radical (unpaired) electrons. The van der Waals surface area contributed by atoms with Gasteiger partial charge in [-0.15, -0.1) is 11.6 Å². The molecule has 0 unspecified atom stereocenters. The second-order valence-corrected chi connectivity index (χ2v) is 8.94. The van der Waals surface area contributed by atoms with Crippen molar-refractivity contribution in [1.29, 1.82) is 0 Å².